The molecule has 2 rings (SSSR count). The third kappa shape index (κ3) is 3.53. The molecule has 0 aliphatic carbocycles. The number of rotatable bonds is 3. The summed E-state index contributed by atoms with van der Waals surface area (Å²) in [6, 6.07) is 4.82. The van der Waals surface area contributed by atoms with Gasteiger partial charge in [0, 0.05) is 0 Å². The summed E-state index contributed by atoms with van der Waals surface area (Å²) < 4.78 is 13.5. The topological polar surface area (TPSA) is 41.1 Å². The van der Waals surface area contributed by atoms with Crippen molar-refractivity contribution in [2.24, 2.45) is 0 Å². The van der Waals surface area contributed by atoms with Crippen LogP contribution in [0.3, 0.4) is 0 Å². The fraction of sp³-hybridized carbons (Fsp3) is 0.533. The van der Waals surface area contributed by atoms with Gasteiger partial charge in [-0.25, -0.2) is 4.39 Å². The van der Waals surface area contributed by atoms with Gasteiger partial charge in [0.1, 0.15) is 5.82 Å². The van der Waals surface area contributed by atoms with Crippen molar-refractivity contribution in [3.8, 4) is 0 Å². The standard InChI is InChI=1S/C15H21FN2O/c1-10-6-7-12(9-13(10)16)11(2)18-15(19)14-5-3-4-8-17-14/h6-7,9,11,14,17H,3-5,8H2,1-2H3,(H,18,19). The molecule has 4 heteroatoms. The van der Waals surface area contributed by atoms with Crippen molar-refractivity contribution in [2.45, 2.75) is 45.2 Å². The largest absolute Gasteiger partial charge is 0.348 e. The van der Waals surface area contributed by atoms with Crippen molar-refractivity contribution < 1.29 is 9.18 Å². The van der Waals surface area contributed by atoms with Crippen LogP contribution in [0.2, 0.25) is 0 Å². The number of nitrogens with one attached hydrogen (secondary N) is 2. The van der Waals surface area contributed by atoms with E-state index in [0.717, 1.165) is 31.4 Å². The molecular formula is C15H21FN2O. The fourth-order valence-corrected chi connectivity index (χ4v) is 2.35. The van der Waals surface area contributed by atoms with E-state index >= 15 is 0 Å². The number of carbonyl (C=O) groups is 1. The number of piperidine rings is 1. The highest BCUT2D eigenvalue weighted by Crippen LogP contribution is 2.17. The summed E-state index contributed by atoms with van der Waals surface area (Å²) >= 11 is 0. The number of carbonyl (C=O) groups excluding carboxylic acids is 1. The lowest BCUT2D eigenvalue weighted by atomic mass is 10.0. The Hall–Kier alpha value is -1.42. The predicted molar refractivity (Wildman–Crippen MR) is 73.3 cm³/mol. The highest BCUT2D eigenvalue weighted by atomic mass is 19.1. The highest BCUT2D eigenvalue weighted by molar-refractivity contribution is 5.82. The first-order chi connectivity index (χ1) is 9.08. The van der Waals surface area contributed by atoms with E-state index in [9.17, 15) is 9.18 Å². The van der Waals surface area contributed by atoms with Gasteiger partial charge in [-0.2, -0.15) is 0 Å². The van der Waals surface area contributed by atoms with Crippen LogP contribution in [0.15, 0.2) is 18.2 Å². The zero-order chi connectivity index (χ0) is 13.8. The summed E-state index contributed by atoms with van der Waals surface area (Å²) in [4.78, 5) is 12.1. The van der Waals surface area contributed by atoms with Crippen LogP contribution in [0.25, 0.3) is 0 Å². The van der Waals surface area contributed by atoms with Gasteiger partial charge in [-0.15, -0.1) is 0 Å². The van der Waals surface area contributed by atoms with Crippen LogP contribution >= 0.6 is 0 Å². The Morgan fingerprint density at radius 2 is 2.26 bits per heavy atom. The third-order valence-electron chi connectivity index (χ3n) is 3.68. The molecule has 1 aromatic carbocycles. The Labute approximate surface area is 113 Å². The van der Waals surface area contributed by atoms with E-state index in [1.54, 1.807) is 13.0 Å². The van der Waals surface area contributed by atoms with Gasteiger partial charge < -0.3 is 10.6 Å². The van der Waals surface area contributed by atoms with Crippen molar-refractivity contribution in [1.29, 1.82) is 0 Å². The predicted octanol–water partition coefficient (Wildman–Crippen LogP) is 2.45. The second kappa shape index (κ2) is 6.15. The van der Waals surface area contributed by atoms with E-state index in [2.05, 4.69) is 10.6 Å². The minimum Gasteiger partial charge on any atom is -0.348 e. The van der Waals surface area contributed by atoms with E-state index in [-0.39, 0.29) is 23.8 Å². The molecule has 1 amide bonds. The molecule has 0 bridgehead atoms. The molecule has 1 aliphatic rings. The van der Waals surface area contributed by atoms with Crippen molar-refractivity contribution in [3.63, 3.8) is 0 Å². The Bertz CT molecular complexity index is 455. The van der Waals surface area contributed by atoms with Gasteiger partial charge in [-0.3, -0.25) is 4.79 Å². The number of hydrogen-bond donors (Lipinski definition) is 2. The second-order valence-electron chi connectivity index (χ2n) is 5.24. The van der Waals surface area contributed by atoms with Crippen molar-refractivity contribution in [3.05, 3.63) is 35.1 Å². The quantitative estimate of drug-likeness (QED) is 0.880. The van der Waals surface area contributed by atoms with Crippen molar-refractivity contribution in [1.82, 2.24) is 10.6 Å². The first-order valence-electron chi connectivity index (χ1n) is 6.87. The Kier molecular flexibility index (Phi) is 4.53. The summed E-state index contributed by atoms with van der Waals surface area (Å²) in [7, 11) is 0. The maximum absolute atomic E-state index is 13.5. The molecule has 0 spiro atoms. The lowest BCUT2D eigenvalue weighted by Gasteiger charge is -2.24. The molecule has 1 fully saturated rings. The molecule has 2 unspecified atom stereocenters. The molecule has 1 aliphatic heterocycles. The van der Waals surface area contributed by atoms with Gasteiger partial charge in [-0.1, -0.05) is 18.6 Å². The highest BCUT2D eigenvalue weighted by Gasteiger charge is 2.22. The van der Waals surface area contributed by atoms with Crippen LogP contribution in [0.4, 0.5) is 4.39 Å². The minimum atomic E-state index is -0.227. The SMILES string of the molecule is Cc1ccc(C(C)NC(=O)C2CCCCN2)cc1F. The van der Waals surface area contributed by atoms with Gasteiger partial charge >= 0.3 is 0 Å². The smallest absolute Gasteiger partial charge is 0.237 e. The summed E-state index contributed by atoms with van der Waals surface area (Å²) in [5.41, 5.74) is 1.42. The lowest BCUT2D eigenvalue weighted by molar-refractivity contribution is -0.124. The summed E-state index contributed by atoms with van der Waals surface area (Å²) in [5.74, 6) is -0.220. The van der Waals surface area contributed by atoms with Gasteiger partial charge in [0.2, 0.25) is 5.91 Å². The molecule has 0 saturated carbocycles. The van der Waals surface area contributed by atoms with E-state index in [1.165, 1.54) is 6.07 Å². The van der Waals surface area contributed by atoms with Gasteiger partial charge in [0.05, 0.1) is 12.1 Å². The molecule has 2 atom stereocenters. The fourth-order valence-electron chi connectivity index (χ4n) is 2.35. The maximum Gasteiger partial charge on any atom is 0.237 e. The third-order valence-corrected chi connectivity index (χ3v) is 3.68. The second-order valence-corrected chi connectivity index (χ2v) is 5.24. The number of halogens is 1. The molecular weight excluding hydrogens is 243 g/mol. The number of benzene rings is 1. The van der Waals surface area contributed by atoms with Crippen LogP contribution < -0.4 is 10.6 Å². The zero-order valence-corrected chi connectivity index (χ0v) is 11.5. The number of hydrogen-bond acceptors (Lipinski definition) is 2. The molecule has 1 saturated heterocycles. The number of aryl methyl sites for hydroxylation is 1. The molecule has 0 radical (unpaired) electrons. The van der Waals surface area contributed by atoms with Gasteiger partial charge in [0.25, 0.3) is 0 Å². The van der Waals surface area contributed by atoms with Gasteiger partial charge in [-0.05, 0) is 50.4 Å². The van der Waals surface area contributed by atoms with E-state index in [1.807, 2.05) is 13.0 Å². The summed E-state index contributed by atoms with van der Waals surface area (Å²) in [6.07, 6.45) is 3.09. The normalized spacial score (nSPS) is 20.9. The first kappa shape index (κ1) is 14.0. The summed E-state index contributed by atoms with van der Waals surface area (Å²) in [6.45, 7) is 4.50. The molecule has 1 aromatic rings. The molecule has 2 N–H and O–H groups in total. The Morgan fingerprint density at radius 3 is 2.89 bits per heavy atom. The Morgan fingerprint density at radius 1 is 1.47 bits per heavy atom. The average molecular weight is 264 g/mol. The van der Waals surface area contributed by atoms with Crippen LogP contribution in [-0.4, -0.2) is 18.5 Å². The first-order valence-corrected chi connectivity index (χ1v) is 6.87. The average Bonchev–Trinajstić information content (AvgIpc) is 2.42. The molecule has 0 aromatic heterocycles. The van der Waals surface area contributed by atoms with Gasteiger partial charge in [0.15, 0.2) is 0 Å². The molecule has 3 nitrogen and oxygen atoms in total. The molecule has 104 valence electrons. The van der Waals surface area contributed by atoms with Crippen LogP contribution in [0, 0.1) is 12.7 Å². The van der Waals surface area contributed by atoms with Crippen LogP contribution in [0.1, 0.15) is 43.4 Å². The monoisotopic (exact) mass is 264 g/mol. The molecule has 1 heterocycles. The lowest BCUT2D eigenvalue weighted by Crippen LogP contribution is -2.47. The maximum atomic E-state index is 13.5. The zero-order valence-electron chi connectivity index (χ0n) is 11.5. The summed E-state index contributed by atoms with van der Waals surface area (Å²) in [5, 5.41) is 6.15. The van der Waals surface area contributed by atoms with E-state index < -0.39 is 0 Å². The minimum absolute atomic E-state index is 0.00758. The van der Waals surface area contributed by atoms with Crippen molar-refractivity contribution >= 4 is 5.91 Å². The van der Waals surface area contributed by atoms with Crippen molar-refractivity contribution in [2.75, 3.05) is 6.54 Å². The van der Waals surface area contributed by atoms with Crippen LogP contribution in [-0.2, 0) is 4.79 Å². The Balaban J connectivity index is 1.97. The number of amides is 1. The van der Waals surface area contributed by atoms with Crippen LogP contribution in [0.5, 0.6) is 0 Å². The van der Waals surface area contributed by atoms with E-state index in [4.69, 9.17) is 0 Å². The van der Waals surface area contributed by atoms with E-state index in [0.29, 0.717) is 5.56 Å². The molecule has 19 heavy (non-hydrogen) atoms.